The summed E-state index contributed by atoms with van der Waals surface area (Å²) in [7, 11) is 4.55. The Morgan fingerprint density at radius 2 is 1.84 bits per heavy atom. The second-order valence-corrected chi connectivity index (χ2v) is 5.65. The minimum absolute atomic E-state index is 0.0623. The van der Waals surface area contributed by atoms with Crippen LogP contribution in [0.15, 0.2) is 36.5 Å². The van der Waals surface area contributed by atoms with E-state index < -0.39 is 0 Å². The lowest BCUT2D eigenvalue weighted by Crippen LogP contribution is -2.59. The van der Waals surface area contributed by atoms with Gasteiger partial charge in [-0.25, -0.2) is 4.98 Å². The van der Waals surface area contributed by atoms with Crippen molar-refractivity contribution in [2.24, 2.45) is 0 Å². The first-order valence-electron chi connectivity index (χ1n) is 7.93. The molecule has 0 unspecified atom stereocenters. The van der Waals surface area contributed by atoms with Crippen molar-refractivity contribution in [1.82, 2.24) is 10.3 Å². The molecule has 0 spiro atoms. The molecule has 0 bridgehead atoms. The van der Waals surface area contributed by atoms with E-state index in [0.717, 1.165) is 18.9 Å². The van der Waals surface area contributed by atoms with Crippen LogP contribution in [-0.2, 0) is 0 Å². The normalized spacial score (nSPS) is 13.8. The van der Waals surface area contributed by atoms with Gasteiger partial charge in [0.1, 0.15) is 5.82 Å². The van der Waals surface area contributed by atoms with Gasteiger partial charge >= 0.3 is 0 Å². The number of benzene rings is 1. The van der Waals surface area contributed by atoms with Gasteiger partial charge in [0, 0.05) is 19.3 Å². The van der Waals surface area contributed by atoms with Crippen LogP contribution in [0, 0.1) is 0 Å². The number of carbonyl (C=O) groups is 1. The summed E-state index contributed by atoms with van der Waals surface area (Å²) < 4.78 is 15.9. The summed E-state index contributed by atoms with van der Waals surface area (Å²) in [6.07, 6.45) is 1.76. The van der Waals surface area contributed by atoms with Crippen LogP contribution in [0.25, 0.3) is 0 Å². The van der Waals surface area contributed by atoms with Crippen molar-refractivity contribution in [2.75, 3.05) is 39.3 Å². The zero-order valence-corrected chi connectivity index (χ0v) is 14.5. The maximum Gasteiger partial charge on any atom is 0.255 e. The maximum atomic E-state index is 12.6. The quantitative estimate of drug-likeness (QED) is 0.861. The number of methoxy groups -OCH3 is 3. The van der Waals surface area contributed by atoms with Gasteiger partial charge in [0.15, 0.2) is 11.5 Å². The van der Waals surface area contributed by atoms with Gasteiger partial charge in [-0.1, -0.05) is 6.07 Å². The highest BCUT2D eigenvalue weighted by Crippen LogP contribution is 2.39. The van der Waals surface area contributed by atoms with Crippen molar-refractivity contribution in [1.29, 1.82) is 0 Å². The summed E-state index contributed by atoms with van der Waals surface area (Å²) in [5, 5.41) is 3.01. The lowest BCUT2D eigenvalue weighted by atomic mass is 10.1. The molecule has 7 heteroatoms. The van der Waals surface area contributed by atoms with Crippen LogP contribution in [0.1, 0.15) is 10.4 Å². The molecule has 0 saturated carbocycles. The fourth-order valence-electron chi connectivity index (χ4n) is 2.84. The fourth-order valence-corrected chi connectivity index (χ4v) is 2.84. The second-order valence-electron chi connectivity index (χ2n) is 5.65. The number of carbonyl (C=O) groups excluding carboxylic acids is 1. The Balaban J connectivity index is 1.68. The number of nitrogens with zero attached hydrogens (tertiary/aromatic N) is 2. The summed E-state index contributed by atoms with van der Waals surface area (Å²) in [6, 6.07) is 9.21. The number of aromatic nitrogens is 1. The van der Waals surface area contributed by atoms with E-state index in [1.807, 2.05) is 18.2 Å². The van der Waals surface area contributed by atoms with E-state index in [-0.39, 0.29) is 11.9 Å². The van der Waals surface area contributed by atoms with Gasteiger partial charge in [0.05, 0.1) is 32.9 Å². The Morgan fingerprint density at radius 3 is 2.44 bits per heavy atom. The molecular weight excluding hydrogens is 322 g/mol. The SMILES string of the molecule is COc1ccc(C(=O)NC2CN(c3ccccn3)C2)c(OC)c1OC. The highest BCUT2D eigenvalue weighted by Gasteiger charge is 2.30. The summed E-state index contributed by atoms with van der Waals surface area (Å²) in [5.74, 6) is 1.99. The topological polar surface area (TPSA) is 72.9 Å². The summed E-state index contributed by atoms with van der Waals surface area (Å²) >= 11 is 0. The van der Waals surface area contributed by atoms with Gasteiger partial charge in [-0.05, 0) is 24.3 Å². The Labute approximate surface area is 146 Å². The highest BCUT2D eigenvalue weighted by atomic mass is 16.5. The average molecular weight is 343 g/mol. The summed E-state index contributed by atoms with van der Waals surface area (Å²) in [4.78, 5) is 19.0. The minimum atomic E-state index is -0.205. The first kappa shape index (κ1) is 16.9. The number of rotatable bonds is 6. The Bertz CT molecular complexity index is 745. The number of nitrogens with one attached hydrogen (secondary N) is 1. The van der Waals surface area contributed by atoms with Gasteiger partial charge in [-0.3, -0.25) is 4.79 Å². The molecule has 1 N–H and O–H groups in total. The second kappa shape index (κ2) is 7.29. The third-order valence-electron chi connectivity index (χ3n) is 4.14. The molecule has 1 aromatic heterocycles. The average Bonchev–Trinajstić information content (AvgIpc) is 2.63. The third-order valence-corrected chi connectivity index (χ3v) is 4.14. The first-order chi connectivity index (χ1) is 12.2. The van der Waals surface area contributed by atoms with Crippen LogP contribution in [0.5, 0.6) is 17.2 Å². The molecule has 1 aromatic carbocycles. The van der Waals surface area contributed by atoms with E-state index in [1.54, 1.807) is 18.3 Å². The van der Waals surface area contributed by atoms with Crippen molar-refractivity contribution < 1.29 is 19.0 Å². The van der Waals surface area contributed by atoms with Crippen molar-refractivity contribution in [2.45, 2.75) is 6.04 Å². The molecular formula is C18H21N3O4. The van der Waals surface area contributed by atoms with Crippen LogP contribution in [0.4, 0.5) is 5.82 Å². The van der Waals surface area contributed by atoms with Gasteiger partial charge in [-0.2, -0.15) is 0 Å². The van der Waals surface area contributed by atoms with Crippen molar-refractivity contribution in [3.63, 3.8) is 0 Å². The van der Waals surface area contributed by atoms with Crippen LogP contribution in [0.3, 0.4) is 0 Å². The van der Waals surface area contributed by atoms with Crippen molar-refractivity contribution in [3.05, 3.63) is 42.1 Å². The number of hydrogen-bond donors (Lipinski definition) is 1. The fraction of sp³-hybridized carbons (Fsp3) is 0.333. The van der Waals surface area contributed by atoms with Gasteiger partial charge < -0.3 is 24.4 Å². The van der Waals surface area contributed by atoms with Crippen molar-refractivity contribution >= 4 is 11.7 Å². The number of pyridine rings is 1. The van der Waals surface area contributed by atoms with Gasteiger partial charge in [0.25, 0.3) is 5.91 Å². The van der Waals surface area contributed by atoms with E-state index in [1.165, 1.54) is 21.3 Å². The molecule has 132 valence electrons. The summed E-state index contributed by atoms with van der Waals surface area (Å²) in [6.45, 7) is 1.44. The zero-order valence-electron chi connectivity index (χ0n) is 14.5. The molecule has 7 nitrogen and oxygen atoms in total. The molecule has 25 heavy (non-hydrogen) atoms. The van der Waals surface area contributed by atoms with Crippen LogP contribution in [0.2, 0.25) is 0 Å². The molecule has 0 atom stereocenters. The number of amides is 1. The molecule has 1 aliphatic rings. The Morgan fingerprint density at radius 1 is 1.08 bits per heavy atom. The van der Waals surface area contributed by atoms with Gasteiger partial charge in [-0.15, -0.1) is 0 Å². The van der Waals surface area contributed by atoms with E-state index in [4.69, 9.17) is 14.2 Å². The van der Waals surface area contributed by atoms with E-state index >= 15 is 0 Å². The number of ether oxygens (including phenoxy) is 3. The first-order valence-corrected chi connectivity index (χ1v) is 7.93. The minimum Gasteiger partial charge on any atom is -0.493 e. The smallest absolute Gasteiger partial charge is 0.255 e. The Kier molecular flexibility index (Phi) is 4.92. The number of anilines is 1. The largest absolute Gasteiger partial charge is 0.493 e. The van der Waals surface area contributed by atoms with E-state index in [9.17, 15) is 4.79 Å². The van der Waals surface area contributed by atoms with Crippen molar-refractivity contribution in [3.8, 4) is 17.2 Å². The lowest BCUT2D eigenvalue weighted by molar-refractivity contribution is 0.0926. The monoisotopic (exact) mass is 343 g/mol. The molecule has 1 aliphatic heterocycles. The molecule has 1 fully saturated rings. The molecule has 1 saturated heterocycles. The zero-order chi connectivity index (χ0) is 17.8. The van der Waals surface area contributed by atoms with E-state index in [0.29, 0.717) is 22.8 Å². The molecule has 2 aromatic rings. The molecule has 3 rings (SSSR count). The Hall–Kier alpha value is -2.96. The lowest BCUT2D eigenvalue weighted by Gasteiger charge is -2.40. The standard InChI is InChI=1S/C18H21N3O4/c1-23-14-8-7-13(16(24-2)17(14)25-3)18(22)20-12-10-21(11-12)15-6-4-5-9-19-15/h4-9,12H,10-11H2,1-3H3,(H,20,22). The number of hydrogen-bond acceptors (Lipinski definition) is 6. The predicted octanol–water partition coefficient (Wildman–Crippen LogP) is 1.73. The van der Waals surface area contributed by atoms with E-state index in [2.05, 4.69) is 15.2 Å². The molecule has 0 radical (unpaired) electrons. The van der Waals surface area contributed by atoms with Crippen LogP contribution >= 0.6 is 0 Å². The third kappa shape index (κ3) is 3.31. The van der Waals surface area contributed by atoms with Gasteiger partial charge in [0.2, 0.25) is 5.75 Å². The van der Waals surface area contributed by atoms with Crippen LogP contribution < -0.4 is 24.4 Å². The molecule has 2 heterocycles. The predicted molar refractivity (Wildman–Crippen MR) is 93.8 cm³/mol. The van der Waals surface area contributed by atoms with Crippen LogP contribution in [-0.4, -0.2) is 51.4 Å². The highest BCUT2D eigenvalue weighted by molar-refractivity contribution is 5.98. The maximum absolute atomic E-state index is 12.6. The summed E-state index contributed by atoms with van der Waals surface area (Å²) in [5.41, 5.74) is 0.413. The molecule has 0 aliphatic carbocycles. The molecule has 1 amide bonds.